The third-order valence-corrected chi connectivity index (χ3v) is 1.58. The molecule has 11 heavy (non-hydrogen) atoms. The molecule has 3 heteroatoms. The molecule has 0 fully saturated rings. The zero-order valence-corrected chi connectivity index (χ0v) is 6.42. The standard InChI is InChI=1S/C8H11FN2/c1-2-7(10)8-6(9)4-3-5-11-8/h3-5,7H,2,10H2,1H3. The molecule has 1 aromatic heterocycles. The number of hydrogen-bond donors (Lipinski definition) is 1. The summed E-state index contributed by atoms with van der Waals surface area (Å²) >= 11 is 0. The van der Waals surface area contributed by atoms with Crippen LogP contribution < -0.4 is 5.73 Å². The predicted molar refractivity (Wildman–Crippen MR) is 41.4 cm³/mol. The largest absolute Gasteiger partial charge is 0.323 e. The Morgan fingerprint density at radius 3 is 3.00 bits per heavy atom. The van der Waals surface area contributed by atoms with E-state index in [-0.39, 0.29) is 11.9 Å². The summed E-state index contributed by atoms with van der Waals surface area (Å²) in [7, 11) is 0. The maximum absolute atomic E-state index is 12.9. The van der Waals surface area contributed by atoms with Crippen molar-refractivity contribution in [3.05, 3.63) is 29.8 Å². The molecule has 0 saturated carbocycles. The molecule has 0 amide bonds. The monoisotopic (exact) mass is 154 g/mol. The van der Waals surface area contributed by atoms with Gasteiger partial charge in [-0.25, -0.2) is 4.39 Å². The van der Waals surface area contributed by atoms with Crippen molar-refractivity contribution in [3.63, 3.8) is 0 Å². The zero-order valence-electron chi connectivity index (χ0n) is 6.42. The topological polar surface area (TPSA) is 38.9 Å². The smallest absolute Gasteiger partial charge is 0.146 e. The van der Waals surface area contributed by atoms with Crippen LogP contribution in [0.1, 0.15) is 25.1 Å². The summed E-state index contributed by atoms with van der Waals surface area (Å²) < 4.78 is 12.9. The van der Waals surface area contributed by atoms with Crippen molar-refractivity contribution in [2.24, 2.45) is 5.73 Å². The number of pyridine rings is 1. The molecule has 0 radical (unpaired) electrons. The first kappa shape index (κ1) is 8.14. The number of halogens is 1. The van der Waals surface area contributed by atoms with Gasteiger partial charge in [0.05, 0.1) is 5.69 Å². The summed E-state index contributed by atoms with van der Waals surface area (Å²) in [6, 6.07) is 2.65. The van der Waals surface area contributed by atoms with E-state index in [1.54, 1.807) is 12.3 Å². The van der Waals surface area contributed by atoms with Crippen molar-refractivity contribution in [2.75, 3.05) is 0 Å². The van der Waals surface area contributed by atoms with Gasteiger partial charge in [0, 0.05) is 12.2 Å². The zero-order chi connectivity index (χ0) is 8.27. The van der Waals surface area contributed by atoms with Gasteiger partial charge in [-0.2, -0.15) is 0 Å². The molecule has 0 bridgehead atoms. The highest BCUT2D eigenvalue weighted by atomic mass is 19.1. The summed E-state index contributed by atoms with van der Waals surface area (Å²) in [6.07, 6.45) is 2.25. The van der Waals surface area contributed by atoms with Crippen molar-refractivity contribution < 1.29 is 4.39 Å². The predicted octanol–water partition coefficient (Wildman–Crippen LogP) is 1.63. The SMILES string of the molecule is CCC(N)c1ncccc1F. The lowest BCUT2D eigenvalue weighted by molar-refractivity contribution is 0.558. The molecule has 0 aliphatic carbocycles. The van der Waals surface area contributed by atoms with Crippen molar-refractivity contribution in [1.29, 1.82) is 0 Å². The first-order valence-corrected chi connectivity index (χ1v) is 3.61. The summed E-state index contributed by atoms with van der Waals surface area (Å²) in [5.74, 6) is -0.318. The Hall–Kier alpha value is -0.960. The molecule has 0 aliphatic heterocycles. The molecule has 1 unspecified atom stereocenters. The molecule has 60 valence electrons. The van der Waals surface area contributed by atoms with Gasteiger partial charge in [-0.1, -0.05) is 6.92 Å². The average Bonchev–Trinajstić information content (AvgIpc) is 2.04. The summed E-state index contributed by atoms with van der Waals surface area (Å²) in [5, 5.41) is 0. The Morgan fingerprint density at radius 1 is 1.73 bits per heavy atom. The van der Waals surface area contributed by atoms with Gasteiger partial charge in [0.1, 0.15) is 5.82 Å². The lowest BCUT2D eigenvalue weighted by Crippen LogP contribution is -2.12. The van der Waals surface area contributed by atoms with E-state index < -0.39 is 0 Å². The lowest BCUT2D eigenvalue weighted by atomic mass is 10.1. The van der Waals surface area contributed by atoms with Crippen molar-refractivity contribution in [2.45, 2.75) is 19.4 Å². The van der Waals surface area contributed by atoms with E-state index in [2.05, 4.69) is 4.98 Å². The molecule has 1 aromatic rings. The number of nitrogens with zero attached hydrogens (tertiary/aromatic N) is 1. The summed E-state index contributed by atoms with van der Waals surface area (Å²) in [6.45, 7) is 1.90. The second-order valence-corrected chi connectivity index (χ2v) is 2.39. The fraction of sp³-hybridized carbons (Fsp3) is 0.375. The number of aromatic nitrogens is 1. The van der Waals surface area contributed by atoms with Crippen molar-refractivity contribution in [1.82, 2.24) is 4.98 Å². The Balaban J connectivity index is 2.93. The highest BCUT2D eigenvalue weighted by Crippen LogP contribution is 2.13. The summed E-state index contributed by atoms with van der Waals surface area (Å²) in [5.41, 5.74) is 5.95. The second-order valence-electron chi connectivity index (χ2n) is 2.39. The average molecular weight is 154 g/mol. The van der Waals surface area contributed by atoms with E-state index in [0.717, 1.165) is 0 Å². The Kier molecular flexibility index (Phi) is 2.54. The van der Waals surface area contributed by atoms with Crippen LogP contribution in [0.3, 0.4) is 0 Å². The minimum absolute atomic E-state index is 0.281. The lowest BCUT2D eigenvalue weighted by Gasteiger charge is -2.07. The van der Waals surface area contributed by atoms with Crippen LogP contribution in [-0.4, -0.2) is 4.98 Å². The maximum Gasteiger partial charge on any atom is 0.146 e. The van der Waals surface area contributed by atoms with E-state index >= 15 is 0 Å². The fourth-order valence-corrected chi connectivity index (χ4v) is 0.864. The van der Waals surface area contributed by atoms with Crippen LogP contribution in [0.15, 0.2) is 18.3 Å². The van der Waals surface area contributed by atoms with E-state index in [9.17, 15) is 4.39 Å². The van der Waals surface area contributed by atoms with Crippen LogP contribution in [0.5, 0.6) is 0 Å². The third kappa shape index (κ3) is 1.74. The molecule has 0 aliphatic rings. The van der Waals surface area contributed by atoms with Crippen molar-refractivity contribution in [3.8, 4) is 0 Å². The van der Waals surface area contributed by atoms with Gasteiger partial charge < -0.3 is 5.73 Å². The van der Waals surface area contributed by atoms with Gasteiger partial charge in [0.15, 0.2) is 0 Å². The molecule has 1 heterocycles. The molecule has 2 N–H and O–H groups in total. The van der Waals surface area contributed by atoms with Crippen LogP contribution in [0, 0.1) is 5.82 Å². The highest BCUT2D eigenvalue weighted by molar-refractivity contribution is 5.10. The first-order valence-electron chi connectivity index (χ1n) is 3.61. The van der Waals surface area contributed by atoms with Gasteiger partial charge in [0.25, 0.3) is 0 Å². The van der Waals surface area contributed by atoms with Gasteiger partial charge in [-0.05, 0) is 18.6 Å². The molecular formula is C8H11FN2. The minimum Gasteiger partial charge on any atom is -0.323 e. The summed E-state index contributed by atoms with van der Waals surface area (Å²) in [4.78, 5) is 3.85. The third-order valence-electron chi connectivity index (χ3n) is 1.58. The first-order chi connectivity index (χ1) is 5.25. The Labute approximate surface area is 65.3 Å². The van der Waals surface area contributed by atoms with Crippen LogP contribution in [0.4, 0.5) is 4.39 Å². The fourth-order valence-electron chi connectivity index (χ4n) is 0.864. The quantitative estimate of drug-likeness (QED) is 0.703. The van der Waals surface area contributed by atoms with Gasteiger partial charge in [-0.3, -0.25) is 4.98 Å². The number of rotatable bonds is 2. The molecular weight excluding hydrogens is 143 g/mol. The normalized spacial score (nSPS) is 13.0. The minimum atomic E-state index is -0.318. The van der Waals surface area contributed by atoms with E-state index in [4.69, 9.17) is 5.73 Å². The molecule has 1 atom stereocenters. The number of hydrogen-bond acceptors (Lipinski definition) is 2. The van der Waals surface area contributed by atoms with E-state index in [1.165, 1.54) is 6.07 Å². The van der Waals surface area contributed by atoms with Crippen molar-refractivity contribution >= 4 is 0 Å². The molecule has 0 aromatic carbocycles. The second kappa shape index (κ2) is 3.44. The van der Waals surface area contributed by atoms with Gasteiger partial charge >= 0.3 is 0 Å². The van der Waals surface area contributed by atoms with E-state index in [1.807, 2.05) is 6.92 Å². The molecule has 1 rings (SSSR count). The Bertz CT molecular complexity index is 237. The van der Waals surface area contributed by atoms with Crippen LogP contribution >= 0.6 is 0 Å². The molecule has 2 nitrogen and oxygen atoms in total. The van der Waals surface area contributed by atoms with Gasteiger partial charge in [0.2, 0.25) is 0 Å². The highest BCUT2D eigenvalue weighted by Gasteiger charge is 2.08. The van der Waals surface area contributed by atoms with Crippen LogP contribution in [-0.2, 0) is 0 Å². The molecule has 0 spiro atoms. The van der Waals surface area contributed by atoms with Crippen LogP contribution in [0.25, 0.3) is 0 Å². The maximum atomic E-state index is 12.9. The van der Waals surface area contributed by atoms with Gasteiger partial charge in [-0.15, -0.1) is 0 Å². The molecule has 0 saturated heterocycles. The van der Waals surface area contributed by atoms with E-state index in [0.29, 0.717) is 12.1 Å². The van der Waals surface area contributed by atoms with Crippen LogP contribution in [0.2, 0.25) is 0 Å². The Morgan fingerprint density at radius 2 is 2.45 bits per heavy atom. The number of nitrogens with two attached hydrogens (primary N) is 1.